The number of hydrogen-bond acceptors (Lipinski definition) is 2. The summed E-state index contributed by atoms with van der Waals surface area (Å²) >= 11 is 0. The molecule has 4 nitrogen and oxygen atoms in total. The van der Waals surface area contributed by atoms with Crippen LogP contribution in [0.4, 0.5) is 5.69 Å². The molecular weight excluding hydrogens is 190 g/mol. The van der Waals surface area contributed by atoms with Gasteiger partial charge in [-0.15, -0.1) is 0 Å². The van der Waals surface area contributed by atoms with E-state index in [1.54, 1.807) is 0 Å². The number of nitrogen functional groups attached to an aromatic ring is 1. The van der Waals surface area contributed by atoms with Gasteiger partial charge in [-0.2, -0.15) is 0 Å². The van der Waals surface area contributed by atoms with Crippen molar-refractivity contribution in [3.05, 3.63) is 16.0 Å². The lowest BCUT2D eigenvalue weighted by atomic mass is 10.2. The number of hydrogen-bond donors (Lipinski definition) is 1. The second-order valence-electron chi connectivity index (χ2n) is 4.33. The molecule has 1 aromatic heterocycles. The maximum Gasteiger partial charge on any atom is 0.290 e. The van der Waals surface area contributed by atoms with E-state index < -0.39 is 0 Å². The van der Waals surface area contributed by atoms with E-state index in [2.05, 4.69) is 0 Å². The second kappa shape index (κ2) is 3.76. The standard InChI is InChI=1S/C11H19N3O/c1-3-9-10(12)11(15)14(13(9)2)8-6-4-5-7-8/h8H,3-7,12H2,1-2H3. The van der Waals surface area contributed by atoms with Gasteiger partial charge in [0.05, 0.1) is 11.7 Å². The first-order valence-corrected chi connectivity index (χ1v) is 5.72. The smallest absolute Gasteiger partial charge is 0.290 e. The van der Waals surface area contributed by atoms with E-state index in [1.165, 1.54) is 12.8 Å². The molecule has 0 unspecified atom stereocenters. The molecule has 1 aliphatic rings. The first-order chi connectivity index (χ1) is 7.16. The van der Waals surface area contributed by atoms with Crippen molar-refractivity contribution in [2.75, 3.05) is 5.73 Å². The van der Waals surface area contributed by atoms with Crippen molar-refractivity contribution >= 4 is 5.69 Å². The predicted octanol–water partition coefficient (Wildman–Crippen LogP) is 1.45. The summed E-state index contributed by atoms with van der Waals surface area (Å²) in [6.07, 6.45) is 5.49. The Hall–Kier alpha value is -1.19. The maximum atomic E-state index is 12.0. The third-order valence-electron chi connectivity index (χ3n) is 3.47. The molecule has 1 fully saturated rings. The fourth-order valence-electron chi connectivity index (χ4n) is 2.67. The predicted molar refractivity (Wildman–Crippen MR) is 61.0 cm³/mol. The Balaban J connectivity index is 2.51. The number of nitrogens with zero attached hydrogens (tertiary/aromatic N) is 2. The van der Waals surface area contributed by atoms with Crippen molar-refractivity contribution in [2.24, 2.45) is 7.05 Å². The van der Waals surface area contributed by atoms with Crippen LogP contribution in [0, 0.1) is 0 Å². The minimum Gasteiger partial charge on any atom is -0.393 e. The van der Waals surface area contributed by atoms with Crippen LogP contribution < -0.4 is 11.3 Å². The third kappa shape index (κ3) is 1.48. The number of rotatable bonds is 2. The van der Waals surface area contributed by atoms with Crippen molar-refractivity contribution in [3.8, 4) is 0 Å². The van der Waals surface area contributed by atoms with Crippen molar-refractivity contribution in [1.29, 1.82) is 0 Å². The highest BCUT2D eigenvalue weighted by molar-refractivity contribution is 5.41. The zero-order valence-electron chi connectivity index (χ0n) is 9.49. The molecule has 1 aromatic rings. The molecular formula is C11H19N3O. The Morgan fingerprint density at radius 1 is 1.40 bits per heavy atom. The van der Waals surface area contributed by atoms with E-state index >= 15 is 0 Å². The lowest BCUT2D eigenvalue weighted by Gasteiger charge is -2.15. The average Bonchev–Trinajstić information content (AvgIpc) is 2.77. The summed E-state index contributed by atoms with van der Waals surface area (Å²) in [6.45, 7) is 2.03. The molecule has 0 saturated heterocycles. The van der Waals surface area contributed by atoms with E-state index in [1.807, 2.05) is 23.3 Å². The Morgan fingerprint density at radius 2 is 2.00 bits per heavy atom. The molecule has 0 bridgehead atoms. The lowest BCUT2D eigenvalue weighted by Crippen LogP contribution is -2.26. The fourth-order valence-corrected chi connectivity index (χ4v) is 2.67. The van der Waals surface area contributed by atoms with Crippen LogP contribution in [-0.2, 0) is 13.5 Å². The zero-order chi connectivity index (χ0) is 11.0. The molecule has 0 aliphatic heterocycles. The van der Waals surface area contributed by atoms with Crippen molar-refractivity contribution in [1.82, 2.24) is 9.36 Å². The van der Waals surface area contributed by atoms with E-state index in [-0.39, 0.29) is 5.56 Å². The highest BCUT2D eigenvalue weighted by Crippen LogP contribution is 2.29. The van der Waals surface area contributed by atoms with Crippen molar-refractivity contribution in [2.45, 2.75) is 45.1 Å². The van der Waals surface area contributed by atoms with Crippen LogP contribution in [0.3, 0.4) is 0 Å². The molecule has 4 heteroatoms. The molecule has 1 saturated carbocycles. The topological polar surface area (TPSA) is 53.0 Å². The van der Waals surface area contributed by atoms with Crippen LogP contribution in [0.15, 0.2) is 4.79 Å². The van der Waals surface area contributed by atoms with Gasteiger partial charge in [-0.1, -0.05) is 19.8 Å². The molecule has 1 heterocycles. The largest absolute Gasteiger partial charge is 0.393 e. The molecule has 1 aliphatic carbocycles. The molecule has 84 valence electrons. The van der Waals surface area contributed by atoms with Gasteiger partial charge in [0.15, 0.2) is 0 Å². The average molecular weight is 209 g/mol. The summed E-state index contributed by atoms with van der Waals surface area (Å²) < 4.78 is 3.80. The van der Waals surface area contributed by atoms with Crippen molar-refractivity contribution < 1.29 is 0 Å². The number of aromatic nitrogens is 2. The third-order valence-corrected chi connectivity index (χ3v) is 3.47. The molecule has 0 spiro atoms. The fraction of sp³-hybridized carbons (Fsp3) is 0.727. The number of anilines is 1. The molecule has 0 radical (unpaired) electrons. The van der Waals surface area contributed by atoms with Crippen molar-refractivity contribution in [3.63, 3.8) is 0 Å². The zero-order valence-corrected chi connectivity index (χ0v) is 9.49. The van der Waals surface area contributed by atoms with Crippen LogP contribution >= 0.6 is 0 Å². The Bertz CT molecular complexity index is 410. The van der Waals surface area contributed by atoms with Gasteiger partial charge >= 0.3 is 0 Å². The van der Waals surface area contributed by atoms with Crippen LogP contribution in [0.1, 0.15) is 44.3 Å². The molecule has 2 N–H and O–H groups in total. The summed E-state index contributed by atoms with van der Waals surface area (Å²) in [7, 11) is 1.94. The monoisotopic (exact) mass is 209 g/mol. The van der Waals surface area contributed by atoms with Crippen LogP contribution in [0.25, 0.3) is 0 Å². The van der Waals surface area contributed by atoms with Gasteiger partial charge < -0.3 is 5.73 Å². The summed E-state index contributed by atoms with van der Waals surface area (Å²) in [4.78, 5) is 12.0. The Labute approximate surface area is 89.7 Å². The van der Waals surface area contributed by atoms with Gasteiger partial charge in [0.2, 0.25) is 0 Å². The van der Waals surface area contributed by atoms with Gasteiger partial charge in [0.25, 0.3) is 5.56 Å². The van der Waals surface area contributed by atoms with Gasteiger partial charge in [-0.25, -0.2) is 4.68 Å². The normalized spacial score (nSPS) is 17.5. The lowest BCUT2D eigenvalue weighted by molar-refractivity contribution is 0.387. The van der Waals surface area contributed by atoms with E-state index in [0.717, 1.165) is 25.0 Å². The van der Waals surface area contributed by atoms with Crippen LogP contribution in [0.2, 0.25) is 0 Å². The maximum absolute atomic E-state index is 12.0. The van der Waals surface area contributed by atoms with E-state index in [9.17, 15) is 4.79 Å². The van der Waals surface area contributed by atoms with Gasteiger partial charge in [-0.05, 0) is 19.3 Å². The molecule has 2 rings (SSSR count). The number of nitrogens with two attached hydrogens (primary N) is 1. The molecule has 0 amide bonds. The van der Waals surface area contributed by atoms with E-state index in [4.69, 9.17) is 5.73 Å². The van der Waals surface area contributed by atoms with Crippen LogP contribution in [0.5, 0.6) is 0 Å². The summed E-state index contributed by atoms with van der Waals surface area (Å²) in [5, 5.41) is 0. The van der Waals surface area contributed by atoms with E-state index in [0.29, 0.717) is 11.7 Å². The first kappa shape index (κ1) is 10.3. The molecule has 0 atom stereocenters. The Morgan fingerprint density at radius 3 is 2.47 bits per heavy atom. The summed E-state index contributed by atoms with van der Waals surface area (Å²) in [5.41, 5.74) is 7.23. The van der Waals surface area contributed by atoms with Gasteiger partial charge in [0.1, 0.15) is 5.69 Å². The Kier molecular flexibility index (Phi) is 2.59. The van der Waals surface area contributed by atoms with Crippen LogP contribution in [-0.4, -0.2) is 9.36 Å². The highest BCUT2D eigenvalue weighted by Gasteiger charge is 2.23. The summed E-state index contributed by atoms with van der Waals surface area (Å²) in [6, 6.07) is 0.366. The SMILES string of the molecule is CCc1c(N)c(=O)n(C2CCCC2)n1C. The van der Waals surface area contributed by atoms with Gasteiger partial charge in [0, 0.05) is 7.05 Å². The quantitative estimate of drug-likeness (QED) is 0.801. The van der Waals surface area contributed by atoms with Gasteiger partial charge in [-0.3, -0.25) is 9.48 Å². The molecule has 0 aromatic carbocycles. The second-order valence-corrected chi connectivity index (χ2v) is 4.33. The first-order valence-electron chi connectivity index (χ1n) is 5.72. The minimum atomic E-state index is 0.00116. The highest BCUT2D eigenvalue weighted by atomic mass is 16.1. The minimum absolute atomic E-state index is 0.00116. The molecule has 15 heavy (non-hydrogen) atoms. The summed E-state index contributed by atoms with van der Waals surface area (Å²) in [5.74, 6) is 0.